The van der Waals surface area contributed by atoms with Crippen molar-refractivity contribution in [3.8, 4) is 0 Å². The summed E-state index contributed by atoms with van der Waals surface area (Å²) in [6, 6.07) is -1.19. The van der Waals surface area contributed by atoms with Crippen LogP contribution in [0.5, 0.6) is 0 Å². The summed E-state index contributed by atoms with van der Waals surface area (Å²) in [4.78, 5) is 23.8. The lowest BCUT2D eigenvalue weighted by molar-refractivity contribution is -0.160. The van der Waals surface area contributed by atoms with Gasteiger partial charge in [0.1, 0.15) is 11.6 Å². The van der Waals surface area contributed by atoms with Gasteiger partial charge in [0, 0.05) is 12.3 Å². The quantitative estimate of drug-likeness (QED) is 0.501. The molecule has 23 heavy (non-hydrogen) atoms. The first-order valence-corrected chi connectivity index (χ1v) is 7.53. The second-order valence-corrected chi connectivity index (χ2v) is 6.35. The number of aliphatic hydroxyl groups is 2. The zero-order valence-electron chi connectivity index (χ0n) is 13.7. The Balaban J connectivity index is 2.51. The van der Waals surface area contributed by atoms with Gasteiger partial charge in [-0.25, -0.2) is 9.59 Å². The monoisotopic (exact) mass is 327 g/mol. The molecule has 1 unspecified atom stereocenters. The number of allylic oxidation sites excluding steroid dienone is 3. The third-order valence-corrected chi connectivity index (χ3v) is 2.93. The molecule has 0 aromatic rings. The number of carbonyl (C=O) groups is 2. The van der Waals surface area contributed by atoms with Crippen LogP contribution in [0.25, 0.3) is 0 Å². The Morgan fingerprint density at radius 1 is 1.30 bits per heavy atom. The summed E-state index contributed by atoms with van der Waals surface area (Å²) < 4.78 is 10.2. The van der Waals surface area contributed by atoms with Gasteiger partial charge in [0.15, 0.2) is 6.29 Å². The van der Waals surface area contributed by atoms with Crippen molar-refractivity contribution in [1.82, 2.24) is 5.32 Å². The van der Waals surface area contributed by atoms with Crippen molar-refractivity contribution in [1.29, 1.82) is 0 Å². The average Bonchev–Trinajstić information content (AvgIpc) is 2.43. The number of hydrogen-bond acceptors (Lipinski definition) is 6. The van der Waals surface area contributed by atoms with E-state index in [2.05, 4.69) is 5.32 Å². The van der Waals surface area contributed by atoms with Crippen molar-refractivity contribution in [3.63, 3.8) is 0 Å². The van der Waals surface area contributed by atoms with Gasteiger partial charge in [0.2, 0.25) is 0 Å². The molecule has 1 amide bonds. The van der Waals surface area contributed by atoms with E-state index in [1.807, 2.05) is 24.3 Å². The molecule has 130 valence electrons. The molecule has 1 rings (SSSR count). The zero-order valence-corrected chi connectivity index (χ0v) is 13.7. The van der Waals surface area contributed by atoms with Gasteiger partial charge in [0.05, 0.1) is 6.61 Å². The number of alkyl carbamates (subject to hydrolysis) is 1. The van der Waals surface area contributed by atoms with Crippen LogP contribution in [0.2, 0.25) is 0 Å². The number of hydrogen-bond donors (Lipinski definition) is 3. The number of aliphatic hydroxyl groups excluding tert-OH is 1. The number of rotatable bonds is 6. The summed E-state index contributed by atoms with van der Waals surface area (Å²) in [7, 11) is 0. The van der Waals surface area contributed by atoms with Crippen molar-refractivity contribution in [2.75, 3.05) is 6.61 Å². The fraction of sp³-hybridized carbons (Fsp3) is 0.625. The van der Waals surface area contributed by atoms with E-state index < -0.39 is 30.0 Å². The van der Waals surface area contributed by atoms with E-state index in [0.717, 1.165) is 6.42 Å². The Labute approximate surface area is 136 Å². The summed E-state index contributed by atoms with van der Waals surface area (Å²) >= 11 is 0. The summed E-state index contributed by atoms with van der Waals surface area (Å²) in [5, 5.41) is 20.4. The molecule has 0 bridgehead atoms. The van der Waals surface area contributed by atoms with Crippen LogP contribution in [0.1, 0.15) is 33.6 Å². The van der Waals surface area contributed by atoms with E-state index in [1.165, 1.54) is 0 Å². The first kappa shape index (κ1) is 19.2. The largest absolute Gasteiger partial charge is 0.458 e. The van der Waals surface area contributed by atoms with Gasteiger partial charge in [-0.1, -0.05) is 24.3 Å². The number of ether oxygens (including phenoxy) is 2. The molecule has 1 aliphatic rings. The van der Waals surface area contributed by atoms with Crippen LogP contribution in [0.4, 0.5) is 4.79 Å². The highest BCUT2D eigenvalue weighted by Crippen LogP contribution is 2.13. The van der Waals surface area contributed by atoms with E-state index >= 15 is 0 Å². The van der Waals surface area contributed by atoms with Crippen LogP contribution in [0.3, 0.4) is 0 Å². The molecule has 0 aliphatic heterocycles. The minimum Gasteiger partial charge on any atom is -0.458 e. The van der Waals surface area contributed by atoms with Crippen molar-refractivity contribution in [2.45, 2.75) is 51.5 Å². The number of nitrogens with one attached hydrogen (secondary N) is 1. The van der Waals surface area contributed by atoms with Gasteiger partial charge in [-0.3, -0.25) is 0 Å². The maximum atomic E-state index is 12.0. The summed E-state index contributed by atoms with van der Waals surface area (Å²) in [5.41, 5.74) is -0.749. The van der Waals surface area contributed by atoms with E-state index in [0.29, 0.717) is 0 Å². The lowest BCUT2D eigenvalue weighted by atomic mass is 10.0. The highest BCUT2D eigenvalue weighted by atomic mass is 16.6. The normalized spacial score (nSPS) is 18.6. The van der Waals surface area contributed by atoms with Crippen molar-refractivity contribution in [3.05, 3.63) is 24.3 Å². The summed E-state index contributed by atoms with van der Waals surface area (Å²) in [6.07, 6.45) is 5.53. The second kappa shape index (κ2) is 8.69. The van der Waals surface area contributed by atoms with Gasteiger partial charge in [-0.2, -0.15) is 0 Å². The van der Waals surface area contributed by atoms with Crippen LogP contribution in [-0.2, 0) is 14.3 Å². The Hall–Kier alpha value is -1.86. The van der Waals surface area contributed by atoms with E-state index in [4.69, 9.17) is 19.7 Å². The van der Waals surface area contributed by atoms with Crippen LogP contribution in [0, 0.1) is 5.92 Å². The predicted molar refractivity (Wildman–Crippen MR) is 83.3 cm³/mol. The molecule has 7 nitrogen and oxygen atoms in total. The molecule has 0 fully saturated rings. The van der Waals surface area contributed by atoms with E-state index in [9.17, 15) is 9.59 Å². The Morgan fingerprint density at radius 3 is 2.52 bits per heavy atom. The summed E-state index contributed by atoms with van der Waals surface area (Å²) in [5.74, 6) is -0.655. The minimum atomic E-state index is -1.75. The lowest BCUT2D eigenvalue weighted by Gasteiger charge is -2.25. The second-order valence-electron chi connectivity index (χ2n) is 6.35. The number of carbonyl (C=O) groups excluding carboxylic acids is 2. The average molecular weight is 327 g/mol. The van der Waals surface area contributed by atoms with Crippen molar-refractivity contribution < 1.29 is 29.3 Å². The standard InChI is InChI=1S/C16H25NO6/c1-16(2,3)23-14(20)12(9-13(18)19)17-15(21)22-10-11-7-5-4-6-8-11/h4-7,11-13,18-19H,8-10H2,1-3H3,(H,17,21)/t11?,12-/m1/s1. The third kappa shape index (κ3) is 8.37. The van der Waals surface area contributed by atoms with Gasteiger partial charge >= 0.3 is 12.1 Å². The maximum Gasteiger partial charge on any atom is 0.407 e. The van der Waals surface area contributed by atoms with Crippen LogP contribution in [0.15, 0.2) is 24.3 Å². The molecule has 0 heterocycles. The van der Waals surface area contributed by atoms with Crippen molar-refractivity contribution in [2.24, 2.45) is 5.92 Å². The van der Waals surface area contributed by atoms with E-state index in [1.54, 1.807) is 20.8 Å². The SMILES string of the molecule is CC(C)(C)OC(=O)[C@@H](CC(O)O)NC(=O)OCC1C=CC=CC1. The fourth-order valence-corrected chi connectivity index (χ4v) is 1.92. The molecule has 0 aromatic carbocycles. The molecule has 0 radical (unpaired) electrons. The molecule has 7 heteroatoms. The molecule has 1 aliphatic carbocycles. The fourth-order valence-electron chi connectivity index (χ4n) is 1.92. The van der Waals surface area contributed by atoms with Crippen LogP contribution in [-0.4, -0.2) is 46.8 Å². The minimum absolute atomic E-state index is 0.0918. The predicted octanol–water partition coefficient (Wildman–Crippen LogP) is 1.26. The summed E-state index contributed by atoms with van der Waals surface area (Å²) in [6.45, 7) is 5.21. The number of esters is 1. The number of amides is 1. The molecular formula is C16H25NO6. The van der Waals surface area contributed by atoms with Gasteiger partial charge < -0.3 is 25.0 Å². The first-order chi connectivity index (χ1) is 10.7. The molecule has 0 aromatic heterocycles. The highest BCUT2D eigenvalue weighted by molar-refractivity contribution is 5.81. The smallest absolute Gasteiger partial charge is 0.407 e. The Bertz CT molecular complexity index is 464. The molecule has 2 atom stereocenters. The maximum absolute atomic E-state index is 12.0. The Morgan fingerprint density at radius 2 is 2.00 bits per heavy atom. The zero-order chi connectivity index (χ0) is 17.5. The van der Waals surface area contributed by atoms with E-state index in [-0.39, 0.29) is 18.9 Å². The molecule has 0 saturated carbocycles. The molecule has 0 saturated heterocycles. The van der Waals surface area contributed by atoms with Gasteiger partial charge in [0.25, 0.3) is 0 Å². The molecular weight excluding hydrogens is 302 g/mol. The Kier molecular flexibility index (Phi) is 7.25. The van der Waals surface area contributed by atoms with Crippen LogP contribution < -0.4 is 5.32 Å². The topological polar surface area (TPSA) is 105 Å². The first-order valence-electron chi connectivity index (χ1n) is 7.53. The van der Waals surface area contributed by atoms with Gasteiger partial charge in [-0.15, -0.1) is 0 Å². The molecule has 3 N–H and O–H groups in total. The highest BCUT2D eigenvalue weighted by Gasteiger charge is 2.29. The molecule has 0 spiro atoms. The van der Waals surface area contributed by atoms with Crippen LogP contribution >= 0.6 is 0 Å². The van der Waals surface area contributed by atoms with Gasteiger partial charge in [-0.05, 0) is 27.2 Å². The van der Waals surface area contributed by atoms with Crippen molar-refractivity contribution >= 4 is 12.1 Å². The lowest BCUT2D eigenvalue weighted by Crippen LogP contribution is -2.46. The third-order valence-electron chi connectivity index (χ3n) is 2.93.